The second-order valence-corrected chi connectivity index (χ2v) is 2.41. The molecule has 0 N–H and O–H groups in total. The second kappa shape index (κ2) is 3.44. The van der Waals surface area contributed by atoms with Crippen molar-refractivity contribution in [2.24, 2.45) is 0 Å². The Labute approximate surface area is 70.6 Å². The van der Waals surface area contributed by atoms with Crippen molar-refractivity contribution < 1.29 is 0 Å². The van der Waals surface area contributed by atoms with Crippen LogP contribution in [0.2, 0.25) is 0 Å². The van der Waals surface area contributed by atoms with Crippen molar-refractivity contribution in [2.45, 2.75) is 6.92 Å². The third kappa shape index (κ3) is 1.38. The first-order valence-electron chi connectivity index (χ1n) is 3.65. The van der Waals surface area contributed by atoms with Crippen LogP contribution in [0.1, 0.15) is 18.1 Å². The van der Waals surface area contributed by atoms with Gasteiger partial charge in [-0.2, -0.15) is 0 Å². The molecule has 1 aliphatic rings. The van der Waals surface area contributed by atoms with Crippen LogP contribution in [0, 0.1) is 0 Å². The van der Waals surface area contributed by atoms with Crippen LogP contribution in [0.15, 0.2) is 24.3 Å². The number of allylic oxidation sites excluding steroid dienone is 1. The zero-order chi connectivity index (χ0) is 8.27. The topological polar surface area (TPSA) is 0 Å². The third-order valence-corrected chi connectivity index (χ3v) is 1.76. The van der Waals surface area contributed by atoms with E-state index in [0.29, 0.717) is 0 Å². The summed E-state index contributed by atoms with van der Waals surface area (Å²) in [4.78, 5) is 0. The van der Waals surface area contributed by atoms with Gasteiger partial charge in [0.1, 0.15) is 0 Å². The van der Waals surface area contributed by atoms with E-state index in [1.807, 2.05) is 0 Å². The summed E-state index contributed by atoms with van der Waals surface area (Å²) in [7, 11) is 1.61. The SMILES string of the molecule is C=[SiH2].CC1=Cc2ccccc21. The molecule has 2 rings (SSSR count). The normalized spacial score (nSPS) is 11.5. The Hall–Kier alpha value is -0.953. The largest absolute Gasteiger partial charge is 0.124 e. The van der Waals surface area contributed by atoms with E-state index in [0.717, 1.165) is 0 Å². The maximum Gasteiger partial charge on any atom is -0.0154 e. The Morgan fingerprint density at radius 1 is 1.18 bits per heavy atom. The molecule has 1 heteroatoms. The zero-order valence-corrected chi connectivity index (χ0v) is 8.22. The van der Waals surface area contributed by atoms with Gasteiger partial charge in [-0.3, -0.25) is 0 Å². The molecule has 56 valence electrons. The van der Waals surface area contributed by atoms with Gasteiger partial charge in [0.25, 0.3) is 0 Å². The highest BCUT2D eigenvalue weighted by molar-refractivity contribution is 6.18. The molecule has 0 aromatic heterocycles. The summed E-state index contributed by atoms with van der Waals surface area (Å²) in [6, 6.07) is 8.45. The molecule has 1 aliphatic carbocycles. The van der Waals surface area contributed by atoms with Gasteiger partial charge in [0, 0.05) is 0 Å². The lowest BCUT2D eigenvalue weighted by atomic mass is 9.90. The van der Waals surface area contributed by atoms with Crippen molar-refractivity contribution in [3.63, 3.8) is 0 Å². The minimum atomic E-state index is 1.38. The first kappa shape index (κ1) is 8.15. The molecule has 0 amide bonds. The molecule has 0 bridgehead atoms. The maximum atomic E-state index is 3.28. The van der Waals surface area contributed by atoms with Crippen molar-refractivity contribution in [1.82, 2.24) is 0 Å². The minimum absolute atomic E-state index is 1.38. The molecule has 0 saturated heterocycles. The fourth-order valence-electron chi connectivity index (χ4n) is 1.22. The average molecular weight is 160 g/mol. The van der Waals surface area contributed by atoms with Gasteiger partial charge < -0.3 is 0 Å². The number of hydrogen-bond acceptors (Lipinski definition) is 0. The Kier molecular flexibility index (Phi) is 2.55. The smallest absolute Gasteiger partial charge is 0.0154 e. The summed E-state index contributed by atoms with van der Waals surface area (Å²) < 4.78 is 0. The van der Waals surface area contributed by atoms with Crippen molar-refractivity contribution >= 4 is 27.7 Å². The average Bonchev–Trinajstić information content (AvgIpc) is 2.07. The molecule has 0 radical (unpaired) electrons. The number of benzene rings is 1. The maximum absolute atomic E-state index is 3.28. The van der Waals surface area contributed by atoms with Gasteiger partial charge in [-0.1, -0.05) is 30.3 Å². The second-order valence-electron chi connectivity index (χ2n) is 2.41. The van der Waals surface area contributed by atoms with Gasteiger partial charge in [-0.05, 0) is 33.5 Å². The van der Waals surface area contributed by atoms with Gasteiger partial charge in [0.2, 0.25) is 0 Å². The molecule has 0 heterocycles. The van der Waals surface area contributed by atoms with Gasteiger partial charge >= 0.3 is 0 Å². The Balaban J connectivity index is 0.000000281. The van der Waals surface area contributed by atoms with E-state index in [2.05, 4.69) is 43.4 Å². The van der Waals surface area contributed by atoms with Crippen LogP contribution in [-0.4, -0.2) is 16.0 Å². The molecule has 0 atom stereocenters. The van der Waals surface area contributed by atoms with Crippen molar-refractivity contribution in [3.05, 3.63) is 35.4 Å². The van der Waals surface area contributed by atoms with Crippen molar-refractivity contribution in [1.29, 1.82) is 0 Å². The highest BCUT2D eigenvalue weighted by Crippen LogP contribution is 2.30. The number of rotatable bonds is 0. The molecule has 1 aromatic rings. The molecule has 11 heavy (non-hydrogen) atoms. The Morgan fingerprint density at radius 2 is 1.82 bits per heavy atom. The predicted molar refractivity (Wildman–Crippen MR) is 55.7 cm³/mol. The minimum Gasteiger partial charge on any atom is -0.124 e. The van der Waals surface area contributed by atoms with E-state index in [4.69, 9.17) is 0 Å². The van der Waals surface area contributed by atoms with E-state index >= 15 is 0 Å². The number of hydrogen-bond donors (Lipinski definition) is 0. The predicted octanol–water partition coefficient (Wildman–Crippen LogP) is 1.61. The van der Waals surface area contributed by atoms with Crippen LogP contribution in [0.3, 0.4) is 0 Å². The van der Waals surface area contributed by atoms with Gasteiger partial charge in [-0.15, -0.1) is 6.17 Å². The molecular formula is C10H12Si. The lowest BCUT2D eigenvalue weighted by molar-refractivity contribution is 1.49. The van der Waals surface area contributed by atoms with E-state index in [1.54, 1.807) is 9.85 Å². The third-order valence-electron chi connectivity index (χ3n) is 1.76. The zero-order valence-electron chi connectivity index (χ0n) is 6.80. The van der Waals surface area contributed by atoms with Crippen molar-refractivity contribution in [3.8, 4) is 0 Å². The van der Waals surface area contributed by atoms with Gasteiger partial charge in [-0.25, -0.2) is 0 Å². The standard InChI is InChI=1S/C9H8.CH4Si/c1-7-6-8-4-2-3-5-9(7)8;1-2/h2-6H,1H3;1-2H2. The van der Waals surface area contributed by atoms with Gasteiger partial charge in [0.15, 0.2) is 0 Å². The van der Waals surface area contributed by atoms with Crippen LogP contribution in [0.4, 0.5) is 0 Å². The van der Waals surface area contributed by atoms with Crippen molar-refractivity contribution in [2.75, 3.05) is 0 Å². The number of fused-ring (bicyclic) bond motifs is 1. The molecule has 0 aliphatic heterocycles. The van der Waals surface area contributed by atoms with Crippen LogP contribution >= 0.6 is 0 Å². The summed E-state index contributed by atoms with van der Waals surface area (Å²) >= 11 is 0. The molecular weight excluding hydrogens is 148 g/mol. The van der Waals surface area contributed by atoms with Gasteiger partial charge in [0.05, 0.1) is 0 Å². The van der Waals surface area contributed by atoms with E-state index < -0.39 is 0 Å². The monoisotopic (exact) mass is 160 g/mol. The fraction of sp³-hybridized carbons (Fsp3) is 0.100. The molecule has 0 unspecified atom stereocenters. The molecule has 0 saturated carbocycles. The van der Waals surface area contributed by atoms with Crippen LogP contribution in [-0.2, 0) is 0 Å². The summed E-state index contributed by atoms with van der Waals surface area (Å²) in [5.41, 5.74) is 4.21. The summed E-state index contributed by atoms with van der Waals surface area (Å²) in [6.07, 6.45) is 5.48. The molecule has 0 fully saturated rings. The molecule has 0 spiro atoms. The van der Waals surface area contributed by atoms with E-state index in [9.17, 15) is 0 Å². The lowest BCUT2D eigenvalue weighted by Crippen LogP contribution is -1.93. The summed E-state index contributed by atoms with van der Waals surface area (Å²) in [5.74, 6) is 0. The molecule has 1 aromatic carbocycles. The highest BCUT2D eigenvalue weighted by atomic mass is 28.1. The van der Waals surface area contributed by atoms with E-state index in [-0.39, 0.29) is 0 Å². The highest BCUT2D eigenvalue weighted by Gasteiger charge is 2.08. The Bertz CT molecular complexity index is 287. The van der Waals surface area contributed by atoms with Crippen LogP contribution in [0.25, 0.3) is 11.6 Å². The summed E-state index contributed by atoms with van der Waals surface area (Å²) in [5, 5.41) is 0. The van der Waals surface area contributed by atoms with E-state index in [1.165, 1.54) is 16.7 Å². The van der Waals surface area contributed by atoms with Crippen LogP contribution in [0.5, 0.6) is 0 Å². The Morgan fingerprint density at radius 3 is 2.27 bits per heavy atom. The fourth-order valence-corrected chi connectivity index (χ4v) is 1.22. The quantitative estimate of drug-likeness (QED) is 0.506. The first-order chi connectivity index (χ1) is 5.38. The lowest BCUT2D eigenvalue weighted by Gasteiger charge is -2.14. The van der Waals surface area contributed by atoms with Crippen LogP contribution < -0.4 is 0 Å². The molecule has 0 nitrogen and oxygen atoms in total. The first-order valence-corrected chi connectivity index (χ1v) is 4.65. The summed E-state index contributed by atoms with van der Waals surface area (Å²) in [6.45, 7) is 2.14.